The van der Waals surface area contributed by atoms with Gasteiger partial charge in [0.05, 0.1) is 30.2 Å². The number of aromatic nitrogens is 3. The number of rotatable bonds is 5. The summed E-state index contributed by atoms with van der Waals surface area (Å²) in [5, 5.41) is 8.47. The number of amides is 1. The highest BCUT2D eigenvalue weighted by Crippen LogP contribution is 2.52. The maximum Gasteiger partial charge on any atom is 0.416 e. The number of ether oxygens (including phenoxy) is 1. The smallest absolute Gasteiger partial charge is 0.376 e. The van der Waals surface area contributed by atoms with Crippen molar-refractivity contribution in [3.63, 3.8) is 0 Å². The first-order chi connectivity index (χ1) is 18.5. The van der Waals surface area contributed by atoms with Crippen LogP contribution in [0.15, 0.2) is 42.7 Å². The number of hydrogen-bond acceptors (Lipinski definition) is 5. The average molecular weight is 540 g/mol. The van der Waals surface area contributed by atoms with Gasteiger partial charge in [-0.15, -0.1) is 10.2 Å². The summed E-state index contributed by atoms with van der Waals surface area (Å²) in [5.74, 6) is 0.958. The molecule has 0 unspecified atom stereocenters. The minimum Gasteiger partial charge on any atom is -0.376 e. The van der Waals surface area contributed by atoms with Gasteiger partial charge in [-0.05, 0) is 66.6 Å². The number of hydrogen-bond donors (Lipinski definition) is 0. The van der Waals surface area contributed by atoms with Crippen molar-refractivity contribution < 1.29 is 22.7 Å². The van der Waals surface area contributed by atoms with Crippen molar-refractivity contribution in [1.82, 2.24) is 19.7 Å². The van der Waals surface area contributed by atoms with Crippen LogP contribution >= 0.6 is 0 Å². The van der Waals surface area contributed by atoms with Crippen LogP contribution < -0.4 is 4.90 Å². The first-order valence-corrected chi connectivity index (χ1v) is 13.4. The molecule has 3 heterocycles. The van der Waals surface area contributed by atoms with E-state index >= 15 is 0 Å². The first kappa shape index (κ1) is 26.0. The molecule has 206 valence electrons. The number of carbonyl (C=O) groups excluding carboxylic acids is 1. The molecule has 1 aromatic heterocycles. The number of halogens is 3. The minimum atomic E-state index is -4.56. The standard InChI is InChI=1S/C29H32F3N5O2/c1-18-12-28(13-18,27-34-33-17-35(27)3)21-5-4-6-22(11-21)37-16-24-23(26(37)38)9-20(10-25(24)29(30,31)32)15-36-7-8-39-19(2)14-36/h4-6,9-11,17-19H,7-8,12-16H2,1-3H3/t18?,19-,28?/m1/s1. The molecular weight excluding hydrogens is 507 g/mol. The first-order valence-electron chi connectivity index (χ1n) is 13.4. The van der Waals surface area contributed by atoms with Crippen molar-refractivity contribution in [2.24, 2.45) is 13.0 Å². The second-order valence-corrected chi connectivity index (χ2v) is 11.4. The highest BCUT2D eigenvalue weighted by molar-refractivity contribution is 6.10. The Kier molecular flexibility index (Phi) is 6.30. The summed E-state index contributed by atoms with van der Waals surface area (Å²) in [4.78, 5) is 17.2. The molecule has 1 saturated heterocycles. The third-order valence-corrected chi connectivity index (χ3v) is 8.38. The van der Waals surface area contributed by atoms with Crippen molar-refractivity contribution in [2.75, 3.05) is 24.6 Å². The molecule has 10 heteroatoms. The van der Waals surface area contributed by atoms with Crippen molar-refractivity contribution in [1.29, 1.82) is 0 Å². The van der Waals surface area contributed by atoms with Gasteiger partial charge in [-0.2, -0.15) is 13.2 Å². The van der Waals surface area contributed by atoms with Crippen LogP contribution in [0.5, 0.6) is 0 Å². The average Bonchev–Trinajstić information content (AvgIpc) is 3.44. The third kappa shape index (κ3) is 4.53. The number of anilines is 1. The van der Waals surface area contributed by atoms with E-state index in [1.165, 1.54) is 11.0 Å². The van der Waals surface area contributed by atoms with E-state index < -0.39 is 17.6 Å². The number of fused-ring (bicyclic) bond motifs is 1. The van der Waals surface area contributed by atoms with Crippen LogP contribution in [-0.4, -0.2) is 51.4 Å². The molecule has 3 aliphatic rings. The van der Waals surface area contributed by atoms with Crippen LogP contribution in [0.3, 0.4) is 0 Å². The molecule has 3 aromatic rings. The predicted octanol–water partition coefficient (Wildman–Crippen LogP) is 4.93. The number of alkyl halides is 3. The van der Waals surface area contributed by atoms with Crippen molar-refractivity contribution in [2.45, 2.75) is 57.5 Å². The van der Waals surface area contributed by atoms with Gasteiger partial charge in [-0.1, -0.05) is 19.1 Å². The normalized spacial score (nSPS) is 25.6. The Morgan fingerprint density at radius 3 is 2.62 bits per heavy atom. The van der Waals surface area contributed by atoms with Crippen LogP contribution in [0.2, 0.25) is 0 Å². The molecule has 2 aromatic carbocycles. The lowest BCUT2D eigenvalue weighted by Gasteiger charge is -2.46. The zero-order valence-corrected chi connectivity index (χ0v) is 22.3. The molecule has 6 rings (SSSR count). The fourth-order valence-corrected chi connectivity index (χ4v) is 6.68. The highest BCUT2D eigenvalue weighted by Gasteiger charge is 2.48. The molecule has 1 amide bonds. The SMILES string of the molecule is CC1CC(c2cccc(N3Cc4c(cc(CN5CCO[C@H](C)C5)cc4C(F)(F)F)C3=O)c2)(c2nncn2C)C1. The Morgan fingerprint density at radius 2 is 1.95 bits per heavy atom. The lowest BCUT2D eigenvalue weighted by atomic mass is 9.58. The van der Waals surface area contributed by atoms with Gasteiger partial charge in [0.2, 0.25) is 0 Å². The summed E-state index contributed by atoms with van der Waals surface area (Å²) < 4.78 is 50.2. The Balaban J connectivity index is 1.34. The van der Waals surface area contributed by atoms with E-state index in [9.17, 15) is 18.0 Å². The van der Waals surface area contributed by atoms with E-state index in [-0.39, 0.29) is 29.2 Å². The van der Waals surface area contributed by atoms with E-state index in [4.69, 9.17) is 4.74 Å². The Hall–Kier alpha value is -3.24. The number of morpholine rings is 1. The minimum absolute atomic E-state index is 0.0168. The topological polar surface area (TPSA) is 63.5 Å². The lowest BCUT2D eigenvalue weighted by molar-refractivity contribution is -0.138. The van der Waals surface area contributed by atoms with Crippen LogP contribution in [0.25, 0.3) is 0 Å². The van der Waals surface area contributed by atoms with Gasteiger partial charge in [0.1, 0.15) is 12.2 Å². The lowest BCUT2D eigenvalue weighted by Crippen LogP contribution is -2.43. The van der Waals surface area contributed by atoms with Gasteiger partial charge in [0.25, 0.3) is 5.91 Å². The quantitative estimate of drug-likeness (QED) is 0.460. The molecule has 2 fully saturated rings. The maximum absolute atomic E-state index is 14.2. The Labute approximate surface area is 225 Å². The molecule has 39 heavy (non-hydrogen) atoms. The second kappa shape index (κ2) is 9.45. The molecule has 1 aliphatic carbocycles. The van der Waals surface area contributed by atoms with Gasteiger partial charge in [-0.3, -0.25) is 9.69 Å². The van der Waals surface area contributed by atoms with E-state index in [0.717, 1.165) is 24.2 Å². The summed E-state index contributed by atoms with van der Waals surface area (Å²) in [6.07, 6.45) is -1.09. The van der Waals surface area contributed by atoms with E-state index in [2.05, 4.69) is 22.0 Å². The van der Waals surface area contributed by atoms with Crippen LogP contribution in [0, 0.1) is 5.92 Å². The summed E-state index contributed by atoms with van der Waals surface area (Å²) in [5.41, 5.74) is 1.18. The number of aryl methyl sites for hydroxylation is 1. The molecule has 0 bridgehead atoms. The molecule has 1 atom stereocenters. The van der Waals surface area contributed by atoms with E-state index in [1.807, 2.05) is 36.7 Å². The van der Waals surface area contributed by atoms with Gasteiger partial charge >= 0.3 is 6.18 Å². The van der Waals surface area contributed by atoms with Crippen molar-refractivity contribution in [3.8, 4) is 0 Å². The third-order valence-electron chi connectivity index (χ3n) is 8.38. The highest BCUT2D eigenvalue weighted by atomic mass is 19.4. The monoisotopic (exact) mass is 539 g/mol. The number of carbonyl (C=O) groups is 1. The van der Waals surface area contributed by atoms with Crippen LogP contribution in [-0.2, 0) is 36.5 Å². The van der Waals surface area contributed by atoms with Crippen molar-refractivity contribution in [3.05, 3.63) is 76.4 Å². The van der Waals surface area contributed by atoms with Crippen LogP contribution in [0.4, 0.5) is 18.9 Å². The summed E-state index contributed by atoms with van der Waals surface area (Å²) in [7, 11) is 1.92. The van der Waals surface area contributed by atoms with Crippen molar-refractivity contribution >= 4 is 11.6 Å². The Bertz CT molecular complexity index is 1410. The molecule has 1 saturated carbocycles. The van der Waals surface area contributed by atoms with Gasteiger partial charge in [-0.25, -0.2) is 0 Å². The fraction of sp³-hybridized carbons (Fsp3) is 0.483. The number of benzene rings is 2. The molecule has 7 nitrogen and oxygen atoms in total. The molecule has 0 N–H and O–H groups in total. The molecule has 0 spiro atoms. The summed E-state index contributed by atoms with van der Waals surface area (Å²) >= 11 is 0. The van der Waals surface area contributed by atoms with E-state index in [1.54, 1.807) is 18.5 Å². The zero-order chi connectivity index (χ0) is 27.5. The molecular formula is C29H32F3N5O2. The van der Waals surface area contributed by atoms with Gasteiger partial charge in [0.15, 0.2) is 0 Å². The maximum atomic E-state index is 14.2. The second-order valence-electron chi connectivity index (χ2n) is 11.4. The van der Waals surface area contributed by atoms with E-state index in [0.29, 0.717) is 43.4 Å². The summed E-state index contributed by atoms with van der Waals surface area (Å²) in [6, 6.07) is 10.5. The molecule has 0 radical (unpaired) electrons. The largest absolute Gasteiger partial charge is 0.416 e. The van der Waals surface area contributed by atoms with Crippen LogP contribution in [0.1, 0.15) is 65.1 Å². The van der Waals surface area contributed by atoms with Gasteiger partial charge in [0, 0.05) is 37.9 Å². The fourth-order valence-electron chi connectivity index (χ4n) is 6.68. The molecule has 2 aliphatic heterocycles. The predicted molar refractivity (Wildman–Crippen MR) is 139 cm³/mol. The zero-order valence-electron chi connectivity index (χ0n) is 22.3. The van der Waals surface area contributed by atoms with Gasteiger partial charge < -0.3 is 14.2 Å². The Morgan fingerprint density at radius 1 is 1.15 bits per heavy atom. The summed E-state index contributed by atoms with van der Waals surface area (Å²) in [6.45, 7) is 6.17. The number of nitrogens with zero attached hydrogens (tertiary/aromatic N) is 5.